The number of carbonyl (C=O) groups excluding carboxylic acids is 1. The molecular weight excluding hydrogens is 268 g/mol. The minimum atomic E-state index is 0.290. The second-order valence-corrected chi connectivity index (χ2v) is 7.20. The van der Waals surface area contributed by atoms with Crippen LogP contribution >= 0.6 is 11.8 Å². The maximum Gasteiger partial charge on any atom is 0.242 e. The van der Waals surface area contributed by atoms with E-state index in [-0.39, 0.29) is 0 Å². The van der Waals surface area contributed by atoms with Gasteiger partial charge in [-0.25, -0.2) is 0 Å². The van der Waals surface area contributed by atoms with Gasteiger partial charge in [0.15, 0.2) is 0 Å². The largest absolute Gasteiger partial charge is 0.360 e. The fourth-order valence-electron chi connectivity index (χ4n) is 3.04. The number of carbonyl (C=O) groups is 1. The van der Waals surface area contributed by atoms with Crippen molar-refractivity contribution in [1.82, 2.24) is 4.90 Å². The van der Waals surface area contributed by atoms with Gasteiger partial charge in [-0.15, -0.1) is 11.8 Å². The first kappa shape index (κ1) is 13.8. The van der Waals surface area contributed by atoms with Gasteiger partial charge in [0.2, 0.25) is 5.91 Å². The van der Waals surface area contributed by atoms with E-state index in [0.29, 0.717) is 17.7 Å². The molecule has 0 radical (unpaired) electrons. The molecule has 20 heavy (non-hydrogen) atoms. The summed E-state index contributed by atoms with van der Waals surface area (Å²) >= 11 is 1.91. The number of amides is 1. The molecule has 0 spiro atoms. The smallest absolute Gasteiger partial charge is 0.242 e. The summed E-state index contributed by atoms with van der Waals surface area (Å²) in [6.45, 7) is 5.61. The molecule has 108 valence electrons. The van der Waals surface area contributed by atoms with E-state index >= 15 is 0 Å². The number of para-hydroxylation sites is 1. The van der Waals surface area contributed by atoms with Gasteiger partial charge in [-0.05, 0) is 31.4 Å². The summed E-state index contributed by atoms with van der Waals surface area (Å²) in [5.74, 6) is 0.290. The molecular formula is C16H22N2OS. The summed E-state index contributed by atoms with van der Waals surface area (Å²) in [7, 11) is 0. The van der Waals surface area contributed by atoms with Gasteiger partial charge in [0.25, 0.3) is 0 Å². The normalized spacial score (nSPS) is 22.6. The van der Waals surface area contributed by atoms with Gasteiger partial charge in [0, 0.05) is 29.8 Å². The van der Waals surface area contributed by atoms with Crippen molar-refractivity contribution in [3.63, 3.8) is 0 Å². The molecule has 0 aliphatic carbocycles. The Morgan fingerprint density at radius 2 is 2.00 bits per heavy atom. The second kappa shape index (κ2) is 6.08. The summed E-state index contributed by atoms with van der Waals surface area (Å²) in [5.41, 5.74) is 1.22. The Hall–Kier alpha value is -1.16. The van der Waals surface area contributed by atoms with Crippen molar-refractivity contribution in [3.05, 3.63) is 24.3 Å². The lowest BCUT2D eigenvalue weighted by Gasteiger charge is -2.36. The molecule has 0 aromatic heterocycles. The van der Waals surface area contributed by atoms with Crippen molar-refractivity contribution >= 4 is 23.4 Å². The van der Waals surface area contributed by atoms with Crippen molar-refractivity contribution in [2.75, 3.05) is 31.1 Å². The van der Waals surface area contributed by atoms with Crippen LogP contribution in [0.5, 0.6) is 0 Å². The minimum Gasteiger partial charge on any atom is -0.360 e. The van der Waals surface area contributed by atoms with E-state index in [1.165, 1.54) is 17.0 Å². The Morgan fingerprint density at radius 3 is 2.80 bits per heavy atom. The van der Waals surface area contributed by atoms with E-state index in [9.17, 15) is 4.79 Å². The van der Waals surface area contributed by atoms with E-state index in [1.54, 1.807) is 0 Å². The number of piperidine rings is 1. The van der Waals surface area contributed by atoms with E-state index in [1.807, 2.05) is 16.7 Å². The average molecular weight is 290 g/mol. The van der Waals surface area contributed by atoms with Crippen molar-refractivity contribution in [1.29, 1.82) is 0 Å². The third-order valence-electron chi connectivity index (χ3n) is 4.05. The first-order valence-corrected chi connectivity index (χ1v) is 8.40. The van der Waals surface area contributed by atoms with E-state index < -0.39 is 0 Å². The maximum absolute atomic E-state index is 12.5. The molecule has 0 unspecified atom stereocenters. The lowest BCUT2D eigenvalue weighted by molar-refractivity contribution is -0.130. The van der Waals surface area contributed by atoms with Crippen LogP contribution in [0.3, 0.4) is 0 Å². The zero-order valence-corrected chi connectivity index (χ0v) is 12.9. The Balaban J connectivity index is 1.72. The van der Waals surface area contributed by atoms with Crippen LogP contribution in [0.15, 0.2) is 29.2 Å². The van der Waals surface area contributed by atoms with Crippen LogP contribution in [0.2, 0.25) is 0 Å². The number of rotatable bonds is 2. The minimum absolute atomic E-state index is 0.290. The first-order valence-electron chi connectivity index (χ1n) is 7.52. The molecule has 3 nitrogen and oxygen atoms in total. The second-order valence-electron chi connectivity index (χ2n) is 5.72. The third kappa shape index (κ3) is 2.95. The van der Waals surface area contributed by atoms with E-state index in [2.05, 4.69) is 36.1 Å². The van der Waals surface area contributed by atoms with Gasteiger partial charge in [0.1, 0.15) is 0 Å². The molecule has 1 aromatic rings. The van der Waals surface area contributed by atoms with Crippen molar-refractivity contribution in [2.45, 2.75) is 36.3 Å². The SMILES string of the molecule is C[C@H]1CN(CC(=O)N2CCCCC2)c2ccccc2S1. The highest BCUT2D eigenvalue weighted by Gasteiger charge is 2.25. The van der Waals surface area contributed by atoms with Crippen LogP contribution in [0.1, 0.15) is 26.2 Å². The number of fused-ring (bicyclic) bond motifs is 1. The van der Waals surface area contributed by atoms with Crippen LogP contribution in [0, 0.1) is 0 Å². The van der Waals surface area contributed by atoms with Crippen LogP contribution in [0.4, 0.5) is 5.69 Å². The third-order valence-corrected chi connectivity index (χ3v) is 5.20. The number of anilines is 1. The highest BCUT2D eigenvalue weighted by molar-refractivity contribution is 8.00. The summed E-state index contributed by atoms with van der Waals surface area (Å²) in [6.07, 6.45) is 3.59. The summed E-state index contributed by atoms with van der Waals surface area (Å²) in [6, 6.07) is 8.44. The average Bonchev–Trinajstić information content (AvgIpc) is 2.48. The monoisotopic (exact) mass is 290 g/mol. The standard InChI is InChI=1S/C16H22N2OS/c1-13-11-18(14-7-3-4-8-15(14)20-13)12-16(19)17-9-5-2-6-10-17/h3-4,7-8,13H,2,5-6,9-12H2,1H3/t13-/m0/s1. The zero-order chi connectivity index (χ0) is 13.9. The summed E-state index contributed by atoms with van der Waals surface area (Å²) in [4.78, 5) is 18.1. The molecule has 1 fully saturated rings. The number of hydrogen-bond acceptors (Lipinski definition) is 3. The Morgan fingerprint density at radius 1 is 1.25 bits per heavy atom. The van der Waals surface area contributed by atoms with Gasteiger partial charge in [-0.2, -0.15) is 0 Å². The molecule has 4 heteroatoms. The Kier molecular flexibility index (Phi) is 4.20. The Labute approximate surface area is 125 Å². The van der Waals surface area contributed by atoms with Crippen LogP contribution in [-0.4, -0.2) is 42.2 Å². The number of thioether (sulfide) groups is 1. The van der Waals surface area contributed by atoms with Crippen molar-refractivity contribution in [3.8, 4) is 0 Å². The van der Waals surface area contributed by atoms with Crippen LogP contribution in [0.25, 0.3) is 0 Å². The topological polar surface area (TPSA) is 23.6 Å². The van der Waals surface area contributed by atoms with Crippen LogP contribution in [-0.2, 0) is 4.79 Å². The number of benzene rings is 1. The number of nitrogens with zero attached hydrogens (tertiary/aromatic N) is 2. The van der Waals surface area contributed by atoms with E-state index in [0.717, 1.165) is 32.5 Å². The van der Waals surface area contributed by atoms with Crippen molar-refractivity contribution < 1.29 is 4.79 Å². The highest BCUT2D eigenvalue weighted by atomic mass is 32.2. The molecule has 1 saturated heterocycles. The van der Waals surface area contributed by atoms with Crippen molar-refractivity contribution in [2.24, 2.45) is 0 Å². The molecule has 0 bridgehead atoms. The molecule has 2 aliphatic heterocycles. The van der Waals surface area contributed by atoms with Gasteiger partial charge in [0.05, 0.1) is 12.2 Å². The zero-order valence-electron chi connectivity index (χ0n) is 12.0. The predicted octanol–water partition coefficient (Wildman–Crippen LogP) is 3.00. The number of likely N-dealkylation sites (tertiary alicyclic amines) is 1. The van der Waals surface area contributed by atoms with Gasteiger partial charge in [-0.1, -0.05) is 19.1 Å². The number of hydrogen-bond donors (Lipinski definition) is 0. The summed E-state index contributed by atoms with van der Waals surface area (Å²) < 4.78 is 0. The fraction of sp³-hybridized carbons (Fsp3) is 0.562. The van der Waals surface area contributed by atoms with Gasteiger partial charge in [-0.3, -0.25) is 4.79 Å². The lowest BCUT2D eigenvalue weighted by atomic mass is 10.1. The molecule has 1 atom stereocenters. The molecule has 0 N–H and O–H groups in total. The van der Waals surface area contributed by atoms with Gasteiger partial charge >= 0.3 is 0 Å². The molecule has 1 aromatic carbocycles. The lowest BCUT2D eigenvalue weighted by Crippen LogP contribution is -2.45. The van der Waals surface area contributed by atoms with Gasteiger partial charge < -0.3 is 9.80 Å². The quantitative estimate of drug-likeness (QED) is 0.836. The van der Waals surface area contributed by atoms with E-state index in [4.69, 9.17) is 0 Å². The van der Waals surface area contributed by atoms with Crippen LogP contribution < -0.4 is 4.90 Å². The maximum atomic E-state index is 12.5. The molecule has 0 saturated carbocycles. The highest BCUT2D eigenvalue weighted by Crippen LogP contribution is 2.37. The Bertz CT molecular complexity index is 485. The predicted molar refractivity (Wildman–Crippen MR) is 84.4 cm³/mol. The molecule has 1 amide bonds. The fourth-order valence-corrected chi connectivity index (χ4v) is 4.20. The molecule has 2 aliphatic rings. The summed E-state index contributed by atoms with van der Waals surface area (Å²) in [5, 5.41) is 0.541. The molecule has 3 rings (SSSR count). The first-order chi connectivity index (χ1) is 9.74. The molecule has 2 heterocycles.